The van der Waals surface area contributed by atoms with Crippen LogP contribution in [0.1, 0.15) is 12.8 Å². The Morgan fingerprint density at radius 1 is 0.800 bits per heavy atom. The van der Waals surface area contributed by atoms with E-state index in [1.165, 1.54) is 0 Å². The molecule has 0 heterocycles. The fourth-order valence-corrected chi connectivity index (χ4v) is 2.17. The Morgan fingerprint density at radius 3 is 1.30 bits per heavy atom. The first-order valence-corrected chi connectivity index (χ1v) is 5.60. The highest BCUT2D eigenvalue weighted by Crippen LogP contribution is 2.16. The predicted molar refractivity (Wildman–Crippen MR) is 62.5 cm³/mol. The van der Waals surface area contributed by atoms with Crippen molar-refractivity contribution in [3.8, 4) is 0 Å². The second kappa shape index (κ2) is 7.07. The summed E-state index contributed by atoms with van der Waals surface area (Å²) in [7, 11) is 0. The van der Waals surface area contributed by atoms with Crippen LogP contribution in [0.4, 0.5) is 0 Å². The summed E-state index contributed by atoms with van der Waals surface area (Å²) >= 11 is 17.0. The lowest BCUT2D eigenvalue weighted by molar-refractivity contribution is 0.757. The smallest absolute Gasteiger partial charge is 0.0141 e. The van der Waals surface area contributed by atoms with Gasteiger partial charge in [-0.05, 0) is 24.3 Å². The van der Waals surface area contributed by atoms with E-state index >= 15 is 0 Å². The van der Waals surface area contributed by atoms with Gasteiger partial charge in [0.05, 0.1) is 0 Å². The van der Waals surface area contributed by atoms with Crippen LogP contribution in [0.5, 0.6) is 0 Å². The van der Waals surface area contributed by atoms with Crippen LogP contribution >= 0.6 is 50.5 Å². The summed E-state index contributed by atoms with van der Waals surface area (Å²) in [5, 5.41) is 0.737. The van der Waals surface area contributed by atoms with Gasteiger partial charge in [0.25, 0.3) is 0 Å². The molecule has 0 aliphatic carbocycles. The van der Waals surface area contributed by atoms with Crippen molar-refractivity contribution in [2.75, 3.05) is 11.5 Å². The van der Waals surface area contributed by atoms with Crippen molar-refractivity contribution >= 4 is 50.5 Å². The molecule has 2 atom stereocenters. The summed E-state index contributed by atoms with van der Waals surface area (Å²) in [6.45, 7) is 0. The van der Waals surface area contributed by atoms with Gasteiger partial charge >= 0.3 is 0 Å². The third-order valence-electron chi connectivity index (χ3n) is 1.29. The third-order valence-corrected chi connectivity index (χ3v) is 3.28. The average molecular weight is 214 g/mol. The highest BCUT2D eigenvalue weighted by atomic mass is 32.1. The third kappa shape index (κ3) is 5.10. The average Bonchev–Trinajstić information content (AvgIpc) is 1.89. The molecule has 0 nitrogen and oxygen atoms in total. The van der Waals surface area contributed by atoms with Gasteiger partial charge in [-0.2, -0.15) is 50.5 Å². The first-order chi connectivity index (χ1) is 4.72. The van der Waals surface area contributed by atoms with Gasteiger partial charge < -0.3 is 0 Å². The van der Waals surface area contributed by atoms with E-state index in [9.17, 15) is 0 Å². The molecule has 0 radical (unpaired) electrons. The van der Waals surface area contributed by atoms with Crippen LogP contribution in [0.15, 0.2) is 0 Å². The molecule has 0 aromatic carbocycles. The van der Waals surface area contributed by atoms with Gasteiger partial charge in [0.2, 0.25) is 0 Å². The number of rotatable bonds is 5. The van der Waals surface area contributed by atoms with E-state index in [1.807, 2.05) is 0 Å². The molecule has 0 aromatic heterocycles. The van der Waals surface area contributed by atoms with Crippen molar-refractivity contribution in [3.05, 3.63) is 0 Å². The van der Waals surface area contributed by atoms with Gasteiger partial charge in [0.15, 0.2) is 0 Å². The molecule has 0 saturated heterocycles. The van der Waals surface area contributed by atoms with Crippen LogP contribution < -0.4 is 0 Å². The first-order valence-electron chi connectivity index (χ1n) is 3.30. The van der Waals surface area contributed by atoms with Crippen molar-refractivity contribution < 1.29 is 0 Å². The van der Waals surface area contributed by atoms with Crippen LogP contribution in [0.2, 0.25) is 0 Å². The largest absolute Gasteiger partial charge is 0.179 e. The molecule has 0 aliphatic heterocycles. The van der Waals surface area contributed by atoms with Gasteiger partial charge in [-0.15, -0.1) is 0 Å². The van der Waals surface area contributed by atoms with Gasteiger partial charge in [-0.3, -0.25) is 0 Å². The summed E-state index contributed by atoms with van der Waals surface area (Å²) < 4.78 is 0. The molecule has 0 aliphatic rings. The molecule has 10 heavy (non-hydrogen) atoms. The zero-order valence-electron chi connectivity index (χ0n) is 5.77. The minimum atomic E-state index is 0.369. The molecule has 0 fully saturated rings. The summed E-state index contributed by atoms with van der Waals surface area (Å²) in [4.78, 5) is 0. The molecule has 0 aromatic rings. The SMILES string of the molecule is SCCC(S)C(S)CCS. The van der Waals surface area contributed by atoms with Crippen molar-refractivity contribution in [2.45, 2.75) is 23.3 Å². The van der Waals surface area contributed by atoms with E-state index in [0.29, 0.717) is 10.5 Å². The Hall–Kier alpha value is 1.40. The van der Waals surface area contributed by atoms with Crippen molar-refractivity contribution in [2.24, 2.45) is 0 Å². The van der Waals surface area contributed by atoms with Crippen molar-refractivity contribution in [1.82, 2.24) is 0 Å². The maximum absolute atomic E-state index is 4.38. The quantitative estimate of drug-likeness (QED) is 0.496. The van der Waals surface area contributed by atoms with Crippen LogP contribution in [0, 0.1) is 0 Å². The minimum absolute atomic E-state index is 0.369. The molecule has 0 bridgehead atoms. The molecule has 0 saturated carbocycles. The van der Waals surface area contributed by atoms with Gasteiger partial charge in [0, 0.05) is 10.5 Å². The van der Waals surface area contributed by atoms with Gasteiger partial charge in [-0.1, -0.05) is 0 Å². The van der Waals surface area contributed by atoms with Crippen LogP contribution in [-0.4, -0.2) is 22.0 Å². The first kappa shape index (κ1) is 11.4. The van der Waals surface area contributed by atoms with E-state index < -0.39 is 0 Å². The Bertz CT molecular complexity index is 66.1. The zero-order chi connectivity index (χ0) is 7.98. The predicted octanol–water partition coefficient (Wildman–Crippen LogP) is 2.22. The molecule has 4 heteroatoms. The lowest BCUT2D eigenvalue weighted by Crippen LogP contribution is -2.16. The Balaban J connectivity index is 3.38. The number of thiol groups is 4. The zero-order valence-corrected chi connectivity index (χ0v) is 9.35. The lowest BCUT2D eigenvalue weighted by atomic mass is 10.2. The summed E-state index contributed by atoms with van der Waals surface area (Å²) in [6, 6.07) is 0. The number of hydrogen-bond donors (Lipinski definition) is 4. The van der Waals surface area contributed by atoms with Gasteiger partial charge in [-0.25, -0.2) is 0 Å². The Kier molecular flexibility index (Phi) is 8.06. The molecule has 0 N–H and O–H groups in total. The highest BCUT2D eigenvalue weighted by Gasteiger charge is 2.11. The van der Waals surface area contributed by atoms with E-state index in [2.05, 4.69) is 50.5 Å². The summed E-state index contributed by atoms with van der Waals surface area (Å²) in [6.07, 6.45) is 2.04. The van der Waals surface area contributed by atoms with E-state index in [0.717, 1.165) is 24.3 Å². The second-order valence-corrected chi connectivity index (χ2v) is 4.38. The monoisotopic (exact) mass is 214 g/mol. The lowest BCUT2D eigenvalue weighted by Gasteiger charge is -2.15. The summed E-state index contributed by atoms with van der Waals surface area (Å²) in [5.41, 5.74) is 0. The van der Waals surface area contributed by atoms with Crippen molar-refractivity contribution in [1.29, 1.82) is 0 Å². The molecule has 0 spiro atoms. The van der Waals surface area contributed by atoms with E-state index in [-0.39, 0.29) is 0 Å². The molecular formula is C6H14S4. The molecule has 62 valence electrons. The fraction of sp³-hybridized carbons (Fsp3) is 1.00. The fourth-order valence-electron chi connectivity index (χ4n) is 0.649. The summed E-state index contributed by atoms with van der Waals surface area (Å²) in [5.74, 6) is 1.77. The Morgan fingerprint density at radius 2 is 1.10 bits per heavy atom. The second-order valence-electron chi connectivity index (χ2n) is 2.16. The minimum Gasteiger partial charge on any atom is -0.179 e. The topological polar surface area (TPSA) is 0 Å². The maximum atomic E-state index is 4.38. The van der Waals surface area contributed by atoms with E-state index in [1.54, 1.807) is 0 Å². The molecule has 0 amide bonds. The normalized spacial score (nSPS) is 16.8. The van der Waals surface area contributed by atoms with Gasteiger partial charge in [0.1, 0.15) is 0 Å². The maximum Gasteiger partial charge on any atom is 0.0141 e. The van der Waals surface area contributed by atoms with Crippen molar-refractivity contribution in [3.63, 3.8) is 0 Å². The highest BCUT2D eigenvalue weighted by molar-refractivity contribution is 7.85. The van der Waals surface area contributed by atoms with E-state index in [4.69, 9.17) is 0 Å². The van der Waals surface area contributed by atoms with Crippen LogP contribution in [-0.2, 0) is 0 Å². The standard InChI is InChI=1S/C6H14S4/c7-3-1-5(9)6(10)2-4-8/h5-10H,1-4H2. The van der Waals surface area contributed by atoms with Crippen LogP contribution in [0.25, 0.3) is 0 Å². The molecule has 0 rings (SSSR count). The Labute approximate surface area is 85.2 Å². The molecular weight excluding hydrogens is 200 g/mol. The number of hydrogen-bond acceptors (Lipinski definition) is 4. The molecule has 2 unspecified atom stereocenters. The van der Waals surface area contributed by atoms with Crippen LogP contribution in [0.3, 0.4) is 0 Å².